The quantitative estimate of drug-likeness (QED) is 0.902. The van der Waals surface area contributed by atoms with Crippen LogP contribution in [-0.2, 0) is 23.0 Å². The van der Waals surface area contributed by atoms with Gasteiger partial charge in [0.15, 0.2) is 0 Å². The van der Waals surface area contributed by atoms with Gasteiger partial charge in [0.25, 0.3) is 0 Å². The third kappa shape index (κ3) is 2.99. The first kappa shape index (κ1) is 15.7. The fourth-order valence-corrected chi connectivity index (χ4v) is 4.11. The lowest BCUT2D eigenvalue weighted by Crippen LogP contribution is -2.36. The van der Waals surface area contributed by atoms with Crippen molar-refractivity contribution in [1.29, 1.82) is 0 Å². The van der Waals surface area contributed by atoms with Crippen LogP contribution in [0.25, 0.3) is 0 Å². The van der Waals surface area contributed by atoms with Crippen LogP contribution in [0.3, 0.4) is 0 Å². The van der Waals surface area contributed by atoms with Gasteiger partial charge in [0, 0.05) is 12.7 Å². The van der Waals surface area contributed by atoms with Crippen molar-refractivity contribution in [2.75, 3.05) is 18.9 Å². The number of nitrogen functional groups attached to an aromatic ring is 1. The number of ether oxygens (including phenoxy) is 1. The van der Waals surface area contributed by atoms with Crippen LogP contribution in [-0.4, -0.2) is 35.8 Å². The number of sulfonamides is 1. The maximum absolute atomic E-state index is 12.9. The zero-order chi connectivity index (χ0) is 16.4. The van der Waals surface area contributed by atoms with Gasteiger partial charge in [0.2, 0.25) is 16.0 Å². The fourth-order valence-electron chi connectivity index (χ4n) is 2.58. The molecule has 2 aromatic rings. The zero-order valence-corrected chi connectivity index (χ0v) is 13.6. The van der Waals surface area contributed by atoms with E-state index in [0.29, 0.717) is 31.0 Å². The zero-order valence-electron chi connectivity index (χ0n) is 12.8. The van der Waals surface area contributed by atoms with Crippen LogP contribution in [0.2, 0.25) is 0 Å². The van der Waals surface area contributed by atoms with E-state index in [4.69, 9.17) is 10.5 Å². The molecular weight excluding hydrogens is 316 g/mol. The van der Waals surface area contributed by atoms with Gasteiger partial charge in [0.05, 0.1) is 18.8 Å². The Morgan fingerprint density at radius 3 is 2.91 bits per heavy atom. The number of nitrogens with zero attached hydrogens (tertiary/aromatic N) is 3. The second-order valence-electron chi connectivity index (χ2n) is 5.17. The van der Waals surface area contributed by atoms with E-state index >= 15 is 0 Å². The molecule has 0 fully saturated rings. The Morgan fingerprint density at radius 1 is 1.35 bits per heavy atom. The minimum atomic E-state index is -3.66. The van der Waals surface area contributed by atoms with Crippen molar-refractivity contribution >= 4 is 16.0 Å². The van der Waals surface area contributed by atoms with E-state index in [1.165, 1.54) is 4.31 Å². The van der Waals surface area contributed by atoms with E-state index in [1.54, 1.807) is 30.5 Å². The van der Waals surface area contributed by atoms with Gasteiger partial charge < -0.3 is 10.5 Å². The molecule has 0 bridgehead atoms. The summed E-state index contributed by atoms with van der Waals surface area (Å²) in [5.41, 5.74) is 7.19. The highest BCUT2D eigenvalue weighted by molar-refractivity contribution is 7.89. The van der Waals surface area contributed by atoms with E-state index in [9.17, 15) is 8.42 Å². The van der Waals surface area contributed by atoms with Crippen molar-refractivity contribution in [3.8, 4) is 5.75 Å². The fraction of sp³-hybridized carbons (Fsp3) is 0.333. The molecule has 1 aliphatic heterocycles. The second kappa shape index (κ2) is 6.13. The molecule has 0 saturated carbocycles. The van der Waals surface area contributed by atoms with Crippen LogP contribution >= 0.6 is 0 Å². The number of rotatable bonds is 4. The van der Waals surface area contributed by atoms with Crippen molar-refractivity contribution in [1.82, 2.24) is 14.3 Å². The lowest BCUT2D eigenvalue weighted by atomic mass is 10.1. The standard InChI is InChI=1S/C15H18N4O3S/c1-2-22-13-5-3-4-6-14(13)23(20,21)19-8-7-11-9-17-15(16)18-12(11)10-19/h3-6,9H,2,7-8,10H2,1H3,(H2,16,17,18). The van der Waals surface area contributed by atoms with Gasteiger partial charge in [-0.05, 0) is 31.0 Å². The third-order valence-corrected chi connectivity index (χ3v) is 5.58. The summed E-state index contributed by atoms with van der Waals surface area (Å²) >= 11 is 0. The molecule has 0 spiro atoms. The molecule has 1 aromatic carbocycles. The minimum absolute atomic E-state index is 0.151. The SMILES string of the molecule is CCOc1ccccc1S(=O)(=O)N1CCc2cnc(N)nc2C1. The van der Waals surface area contributed by atoms with E-state index in [-0.39, 0.29) is 17.4 Å². The molecule has 122 valence electrons. The van der Waals surface area contributed by atoms with Crippen LogP contribution in [0.1, 0.15) is 18.2 Å². The maximum atomic E-state index is 12.9. The summed E-state index contributed by atoms with van der Waals surface area (Å²) < 4.78 is 32.8. The molecule has 8 heteroatoms. The third-order valence-electron chi connectivity index (χ3n) is 3.70. The Morgan fingerprint density at radius 2 is 2.13 bits per heavy atom. The molecule has 2 heterocycles. The van der Waals surface area contributed by atoms with Gasteiger partial charge in [-0.1, -0.05) is 12.1 Å². The van der Waals surface area contributed by atoms with Crippen LogP contribution in [0.4, 0.5) is 5.95 Å². The molecule has 2 N–H and O–H groups in total. The van der Waals surface area contributed by atoms with Gasteiger partial charge >= 0.3 is 0 Å². The highest BCUT2D eigenvalue weighted by atomic mass is 32.2. The van der Waals surface area contributed by atoms with Crippen molar-refractivity contribution in [3.05, 3.63) is 41.7 Å². The van der Waals surface area contributed by atoms with E-state index < -0.39 is 10.0 Å². The lowest BCUT2D eigenvalue weighted by Gasteiger charge is -2.27. The predicted molar refractivity (Wildman–Crippen MR) is 85.4 cm³/mol. The Bertz CT molecular complexity index is 823. The largest absolute Gasteiger partial charge is 0.492 e. The average molecular weight is 334 g/mol. The van der Waals surface area contributed by atoms with Gasteiger partial charge in [0.1, 0.15) is 10.6 Å². The first-order chi connectivity index (χ1) is 11.0. The van der Waals surface area contributed by atoms with Crippen LogP contribution in [0.5, 0.6) is 5.75 Å². The monoisotopic (exact) mass is 334 g/mol. The minimum Gasteiger partial charge on any atom is -0.492 e. The first-order valence-electron chi connectivity index (χ1n) is 7.34. The van der Waals surface area contributed by atoms with Crippen molar-refractivity contribution < 1.29 is 13.2 Å². The number of hydrogen-bond acceptors (Lipinski definition) is 6. The molecule has 0 atom stereocenters. The van der Waals surface area contributed by atoms with Crippen molar-refractivity contribution in [2.45, 2.75) is 24.8 Å². The molecule has 0 radical (unpaired) electrons. The van der Waals surface area contributed by atoms with Gasteiger partial charge in [-0.15, -0.1) is 0 Å². The van der Waals surface area contributed by atoms with Crippen LogP contribution in [0.15, 0.2) is 35.4 Å². The first-order valence-corrected chi connectivity index (χ1v) is 8.78. The van der Waals surface area contributed by atoms with Crippen molar-refractivity contribution in [2.24, 2.45) is 0 Å². The average Bonchev–Trinajstić information content (AvgIpc) is 2.55. The number of aromatic nitrogens is 2. The molecule has 1 aromatic heterocycles. The Balaban J connectivity index is 1.95. The van der Waals surface area contributed by atoms with E-state index in [2.05, 4.69) is 9.97 Å². The van der Waals surface area contributed by atoms with Gasteiger partial charge in [-0.3, -0.25) is 0 Å². The topological polar surface area (TPSA) is 98.4 Å². The van der Waals surface area contributed by atoms with Crippen LogP contribution < -0.4 is 10.5 Å². The summed E-state index contributed by atoms with van der Waals surface area (Å²) in [6, 6.07) is 6.66. The summed E-state index contributed by atoms with van der Waals surface area (Å²) in [5, 5.41) is 0. The second-order valence-corrected chi connectivity index (χ2v) is 7.07. The highest BCUT2D eigenvalue weighted by Gasteiger charge is 2.31. The molecule has 0 amide bonds. The lowest BCUT2D eigenvalue weighted by molar-refractivity contribution is 0.327. The predicted octanol–water partition coefficient (Wildman–Crippen LogP) is 1.20. The molecule has 0 unspecified atom stereocenters. The molecule has 1 aliphatic rings. The Hall–Kier alpha value is -2.19. The highest BCUT2D eigenvalue weighted by Crippen LogP contribution is 2.29. The molecule has 3 rings (SSSR count). The van der Waals surface area contributed by atoms with E-state index in [0.717, 1.165) is 5.56 Å². The number of anilines is 1. The smallest absolute Gasteiger partial charge is 0.247 e. The maximum Gasteiger partial charge on any atom is 0.247 e. The number of benzene rings is 1. The Kier molecular flexibility index (Phi) is 4.18. The number of hydrogen-bond donors (Lipinski definition) is 1. The summed E-state index contributed by atoms with van der Waals surface area (Å²) in [4.78, 5) is 8.29. The number of para-hydroxylation sites is 1. The van der Waals surface area contributed by atoms with Gasteiger partial charge in [-0.2, -0.15) is 4.31 Å². The number of fused-ring (bicyclic) bond motifs is 1. The molecular formula is C15H18N4O3S. The van der Waals surface area contributed by atoms with Crippen molar-refractivity contribution in [3.63, 3.8) is 0 Å². The van der Waals surface area contributed by atoms with E-state index in [1.807, 2.05) is 6.92 Å². The molecule has 0 aliphatic carbocycles. The Labute approximate surface area is 135 Å². The van der Waals surface area contributed by atoms with Crippen LogP contribution in [0, 0.1) is 0 Å². The molecule has 23 heavy (non-hydrogen) atoms. The summed E-state index contributed by atoms with van der Waals surface area (Å²) in [5.74, 6) is 0.515. The normalized spacial score (nSPS) is 15.2. The molecule has 0 saturated heterocycles. The summed E-state index contributed by atoms with van der Waals surface area (Å²) in [6.07, 6.45) is 2.22. The van der Waals surface area contributed by atoms with Gasteiger partial charge in [-0.25, -0.2) is 18.4 Å². The number of nitrogens with two attached hydrogens (primary N) is 1. The summed E-state index contributed by atoms with van der Waals surface area (Å²) in [7, 11) is -3.66. The summed E-state index contributed by atoms with van der Waals surface area (Å²) in [6.45, 7) is 2.78. The molecule has 7 nitrogen and oxygen atoms in total.